The number of fused-ring (bicyclic) bond motifs is 1. The molecule has 4 nitrogen and oxygen atoms in total. The highest BCUT2D eigenvalue weighted by Gasteiger charge is 2.39. The number of likely N-dealkylation sites (tertiary alicyclic amines) is 2. The minimum Gasteiger partial charge on any atom is -0.371 e. The van der Waals surface area contributed by atoms with Crippen LogP contribution in [0.1, 0.15) is 62.1 Å². The zero-order valence-electron chi connectivity index (χ0n) is 17.3. The molecule has 0 aromatic heterocycles. The predicted octanol–water partition coefficient (Wildman–Crippen LogP) is 3.88. The molecule has 1 amide bonds. The molecule has 3 fully saturated rings. The Morgan fingerprint density at radius 1 is 0.926 bits per heavy atom. The number of anilines is 1. The number of carbonyl (C=O) groups is 1. The highest BCUT2D eigenvalue weighted by atomic mass is 16.2. The fraction of sp³-hybridized carbons (Fsp3) is 0.696. The Morgan fingerprint density at radius 3 is 2.41 bits per heavy atom. The van der Waals surface area contributed by atoms with Crippen molar-refractivity contribution in [3.8, 4) is 0 Å². The van der Waals surface area contributed by atoms with Crippen molar-refractivity contribution >= 4 is 11.6 Å². The highest BCUT2D eigenvalue weighted by molar-refractivity contribution is 5.73. The summed E-state index contributed by atoms with van der Waals surface area (Å²) in [6.07, 6.45) is 7.41. The van der Waals surface area contributed by atoms with Crippen LogP contribution in [0.15, 0.2) is 12.1 Å². The van der Waals surface area contributed by atoms with Gasteiger partial charge in [-0.25, -0.2) is 0 Å². The van der Waals surface area contributed by atoms with Crippen LogP contribution in [0.3, 0.4) is 0 Å². The first-order valence-electron chi connectivity index (χ1n) is 10.9. The molecule has 3 aliphatic rings. The third kappa shape index (κ3) is 3.73. The van der Waals surface area contributed by atoms with Gasteiger partial charge >= 0.3 is 0 Å². The number of hydrogen-bond acceptors (Lipinski definition) is 3. The van der Waals surface area contributed by atoms with Crippen LogP contribution in [0.2, 0.25) is 0 Å². The first kappa shape index (κ1) is 18.8. The van der Waals surface area contributed by atoms with Crippen molar-refractivity contribution < 1.29 is 4.79 Å². The van der Waals surface area contributed by atoms with Crippen molar-refractivity contribution in [2.24, 2.45) is 0 Å². The molecular formula is C23H35N3O. The van der Waals surface area contributed by atoms with Gasteiger partial charge in [-0.15, -0.1) is 0 Å². The van der Waals surface area contributed by atoms with E-state index < -0.39 is 0 Å². The molecule has 0 spiro atoms. The van der Waals surface area contributed by atoms with Crippen molar-refractivity contribution in [1.82, 2.24) is 9.80 Å². The summed E-state index contributed by atoms with van der Waals surface area (Å²) in [4.78, 5) is 19.5. The summed E-state index contributed by atoms with van der Waals surface area (Å²) < 4.78 is 0. The van der Waals surface area contributed by atoms with Crippen molar-refractivity contribution in [2.75, 3.05) is 31.1 Å². The molecule has 1 aromatic carbocycles. The van der Waals surface area contributed by atoms with Gasteiger partial charge in [0.15, 0.2) is 0 Å². The standard InChI is InChI=1S/C23H35N3O/c1-17-15-23(24-10-6-7-11-24)18(2)14-20(17)16-25-13-9-22-21(25)8-4-5-12-26(22)19(3)27/h14-15,21-22H,4-13,16H2,1-3H3/t21-,22-/m1/s1. The lowest BCUT2D eigenvalue weighted by Gasteiger charge is -2.33. The highest BCUT2D eigenvalue weighted by Crippen LogP contribution is 2.33. The average Bonchev–Trinajstić information content (AvgIpc) is 3.24. The molecule has 0 saturated carbocycles. The fourth-order valence-corrected chi connectivity index (χ4v) is 5.58. The van der Waals surface area contributed by atoms with Crippen molar-refractivity contribution in [2.45, 2.75) is 77.9 Å². The number of benzene rings is 1. The van der Waals surface area contributed by atoms with Gasteiger partial charge in [-0.2, -0.15) is 0 Å². The van der Waals surface area contributed by atoms with E-state index in [0.29, 0.717) is 12.1 Å². The maximum absolute atomic E-state index is 12.1. The van der Waals surface area contributed by atoms with Gasteiger partial charge in [0.25, 0.3) is 0 Å². The molecule has 148 valence electrons. The zero-order chi connectivity index (χ0) is 19.0. The minimum absolute atomic E-state index is 0.260. The molecule has 1 aromatic rings. The van der Waals surface area contributed by atoms with Gasteiger partial charge in [-0.1, -0.05) is 12.5 Å². The Kier molecular flexibility index (Phi) is 5.45. The Labute approximate surface area is 164 Å². The third-order valence-corrected chi connectivity index (χ3v) is 7.05. The summed E-state index contributed by atoms with van der Waals surface area (Å²) in [5.41, 5.74) is 5.74. The lowest BCUT2D eigenvalue weighted by molar-refractivity contribution is -0.131. The Balaban J connectivity index is 1.52. The monoisotopic (exact) mass is 369 g/mol. The quantitative estimate of drug-likeness (QED) is 0.809. The van der Waals surface area contributed by atoms with E-state index in [2.05, 4.69) is 40.7 Å². The number of rotatable bonds is 3. The largest absolute Gasteiger partial charge is 0.371 e. The van der Waals surface area contributed by atoms with Crippen LogP contribution in [-0.4, -0.2) is 54.0 Å². The third-order valence-electron chi connectivity index (χ3n) is 7.05. The van der Waals surface area contributed by atoms with Gasteiger partial charge in [0, 0.05) is 57.4 Å². The SMILES string of the molecule is CC(=O)N1CCCC[C@@H]2[C@H]1CCN2Cc1cc(C)c(N2CCCC2)cc1C. The van der Waals surface area contributed by atoms with E-state index in [-0.39, 0.29) is 5.91 Å². The van der Waals surface area contributed by atoms with Gasteiger partial charge < -0.3 is 9.80 Å². The summed E-state index contributed by atoms with van der Waals surface area (Å²) in [6, 6.07) is 5.80. The van der Waals surface area contributed by atoms with E-state index in [9.17, 15) is 4.79 Å². The van der Waals surface area contributed by atoms with E-state index >= 15 is 0 Å². The van der Waals surface area contributed by atoms with Gasteiger partial charge in [0.2, 0.25) is 5.91 Å². The smallest absolute Gasteiger partial charge is 0.219 e. The summed E-state index contributed by atoms with van der Waals surface area (Å²) in [6.45, 7) is 11.8. The Morgan fingerprint density at radius 2 is 1.67 bits per heavy atom. The summed E-state index contributed by atoms with van der Waals surface area (Å²) in [5.74, 6) is 0.260. The van der Waals surface area contributed by atoms with Crippen LogP contribution in [0, 0.1) is 13.8 Å². The normalized spacial score (nSPS) is 26.3. The number of carbonyl (C=O) groups excluding carboxylic acids is 1. The van der Waals surface area contributed by atoms with Gasteiger partial charge in [0.1, 0.15) is 0 Å². The van der Waals surface area contributed by atoms with Gasteiger partial charge in [-0.05, 0) is 68.7 Å². The average molecular weight is 370 g/mol. The van der Waals surface area contributed by atoms with Crippen LogP contribution in [0.25, 0.3) is 0 Å². The van der Waals surface area contributed by atoms with Crippen molar-refractivity contribution in [3.63, 3.8) is 0 Å². The van der Waals surface area contributed by atoms with E-state index in [1.54, 1.807) is 6.92 Å². The molecule has 0 bridgehead atoms. The molecule has 27 heavy (non-hydrogen) atoms. The Bertz CT molecular complexity index is 695. The molecule has 0 unspecified atom stereocenters. The molecule has 0 radical (unpaired) electrons. The number of aryl methyl sites for hydroxylation is 2. The van der Waals surface area contributed by atoms with Crippen LogP contribution >= 0.6 is 0 Å². The molecule has 2 atom stereocenters. The topological polar surface area (TPSA) is 26.8 Å². The van der Waals surface area contributed by atoms with Crippen LogP contribution < -0.4 is 4.90 Å². The fourth-order valence-electron chi connectivity index (χ4n) is 5.58. The molecule has 0 N–H and O–H groups in total. The lowest BCUT2D eigenvalue weighted by atomic mass is 10.0. The van der Waals surface area contributed by atoms with E-state index in [1.165, 1.54) is 61.2 Å². The second kappa shape index (κ2) is 7.83. The maximum atomic E-state index is 12.1. The molecule has 4 heteroatoms. The van der Waals surface area contributed by atoms with Crippen LogP contribution in [0.4, 0.5) is 5.69 Å². The van der Waals surface area contributed by atoms with E-state index in [0.717, 1.165) is 32.5 Å². The molecule has 3 heterocycles. The van der Waals surface area contributed by atoms with Crippen LogP contribution in [0.5, 0.6) is 0 Å². The second-order valence-corrected chi connectivity index (χ2v) is 8.86. The molecule has 0 aliphatic carbocycles. The number of nitrogens with zero attached hydrogens (tertiary/aromatic N) is 3. The summed E-state index contributed by atoms with van der Waals surface area (Å²) in [7, 11) is 0. The van der Waals surface area contributed by atoms with Gasteiger partial charge in [0.05, 0.1) is 0 Å². The van der Waals surface area contributed by atoms with Gasteiger partial charge in [-0.3, -0.25) is 9.69 Å². The van der Waals surface area contributed by atoms with Crippen LogP contribution in [-0.2, 0) is 11.3 Å². The maximum Gasteiger partial charge on any atom is 0.219 e. The summed E-state index contributed by atoms with van der Waals surface area (Å²) >= 11 is 0. The molecule has 3 saturated heterocycles. The lowest BCUT2D eigenvalue weighted by Crippen LogP contribution is -2.45. The Hall–Kier alpha value is -1.55. The van der Waals surface area contributed by atoms with Crippen molar-refractivity contribution in [1.29, 1.82) is 0 Å². The first-order chi connectivity index (χ1) is 13.0. The zero-order valence-corrected chi connectivity index (χ0v) is 17.3. The first-order valence-corrected chi connectivity index (χ1v) is 10.9. The predicted molar refractivity (Wildman–Crippen MR) is 111 cm³/mol. The van der Waals surface area contributed by atoms with E-state index in [4.69, 9.17) is 0 Å². The summed E-state index contributed by atoms with van der Waals surface area (Å²) in [5, 5.41) is 0. The van der Waals surface area contributed by atoms with E-state index in [1.807, 2.05) is 0 Å². The second-order valence-electron chi connectivity index (χ2n) is 8.86. The molecule has 4 rings (SSSR count). The number of amides is 1. The molecular weight excluding hydrogens is 334 g/mol. The van der Waals surface area contributed by atoms with Crippen molar-refractivity contribution in [3.05, 3.63) is 28.8 Å². The minimum atomic E-state index is 0.260. The molecule has 3 aliphatic heterocycles. The number of hydrogen-bond donors (Lipinski definition) is 0.